The van der Waals surface area contributed by atoms with Crippen LogP contribution in [0.5, 0.6) is 0 Å². The molecule has 0 heterocycles. The lowest BCUT2D eigenvalue weighted by atomic mass is 9.84. The quantitative estimate of drug-likeness (QED) is 0.766. The van der Waals surface area contributed by atoms with Crippen molar-refractivity contribution in [3.05, 3.63) is 34.9 Å². The summed E-state index contributed by atoms with van der Waals surface area (Å²) >= 11 is 0. The number of esters is 1. The molecule has 0 aliphatic rings. The summed E-state index contributed by atoms with van der Waals surface area (Å²) < 4.78 is 4.96. The SMILES string of the molecule is CCOC(=O)C(C)(C#N)Cc1ccc(C)c(C)c1. The molecule has 0 aliphatic heterocycles. The first kappa shape index (κ1) is 14.2. The predicted octanol–water partition coefficient (Wildman–Crippen LogP) is 2.94. The number of carbonyl (C=O) groups is 1. The van der Waals surface area contributed by atoms with E-state index < -0.39 is 11.4 Å². The van der Waals surface area contributed by atoms with Crippen molar-refractivity contribution >= 4 is 5.97 Å². The molecule has 0 saturated carbocycles. The Hall–Kier alpha value is -1.82. The molecule has 96 valence electrons. The Balaban J connectivity index is 2.95. The van der Waals surface area contributed by atoms with E-state index >= 15 is 0 Å². The minimum atomic E-state index is -1.11. The molecule has 3 heteroatoms. The van der Waals surface area contributed by atoms with E-state index in [0.29, 0.717) is 13.0 Å². The van der Waals surface area contributed by atoms with Crippen molar-refractivity contribution in [1.82, 2.24) is 0 Å². The molecule has 0 amide bonds. The first-order valence-electron chi connectivity index (χ1n) is 6.07. The van der Waals surface area contributed by atoms with Crippen LogP contribution in [0.2, 0.25) is 0 Å². The van der Waals surface area contributed by atoms with Gasteiger partial charge in [0, 0.05) is 6.42 Å². The van der Waals surface area contributed by atoms with Crippen molar-refractivity contribution in [1.29, 1.82) is 5.26 Å². The highest BCUT2D eigenvalue weighted by molar-refractivity contribution is 5.80. The molecule has 0 aromatic heterocycles. The van der Waals surface area contributed by atoms with Gasteiger partial charge in [0.05, 0.1) is 12.7 Å². The Morgan fingerprint density at radius 1 is 1.39 bits per heavy atom. The lowest BCUT2D eigenvalue weighted by molar-refractivity contribution is -0.151. The molecule has 3 nitrogen and oxygen atoms in total. The monoisotopic (exact) mass is 245 g/mol. The van der Waals surface area contributed by atoms with E-state index in [-0.39, 0.29) is 0 Å². The van der Waals surface area contributed by atoms with Gasteiger partial charge in [-0.3, -0.25) is 4.79 Å². The van der Waals surface area contributed by atoms with E-state index in [1.165, 1.54) is 5.56 Å². The van der Waals surface area contributed by atoms with Gasteiger partial charge in [0.15, 0.2) is 5.41 Å². The molecule has 0 saturated heterocycles. The largest absolute Gasteiger partial charge is 0.465 e. The molecule has 1 unspecified atom stereocenters. The summed E-state index contributed by atoms with van der Waals surface area (Å²) in [5, 5.41) is 9.22. The molecule has 1 atom stereocenters. The normalized spacial score (nSPS) is 13.5. The van der Waals surface area contributed by atoms with Gasteiger partial charge in [-0.1, -0.05) is 18.2 Å². The lowest BCUT2D eigenvalue weighted by Gasteiger charge is -2.19. The zero-order chi connectivity index (χ0) is 13.8. The van der Waals surface area contributed by atoms with E-state index in [9.17, 15) is 10.1 Å². The predicted molar refractivity (Wildman–Crippen MR) is 70.0 cm³/mol. The van der Waals surface area contributed by atoms with Gasteiger partial charge in [-0.25, -0.2) is 0 Å². The maximum atomic E-state index is 11.8. The highest BCUT2D eigenvalue weighted by Crippen LogP contribution is 2.24. The van der Waals surface area contributed by atoms with Gasteiger partial charge in [0.25, 0.3) is 0 Å². The van der Waals surface area contributed by atoms with Crippen LogP contribution in [0.15, 0.2) is 18.2 Å². The molecule has 1 aromatic carbocycles. The van der Waals surface area contributed by atoms with Crippen LogP contribution in [-0.2, 0) is 16.0 Å². The van der Waals surface area contributed by atoms with Crippen LogP contribution < -0.4 is 0 Å². The number of carbonyl (C=O) groups excluding carboxylic acids is 1. The molecule has 0 N–H and O–H groups in total. The van der Waals surface area contributed by atoms with Crippen LogP contribution in [0, 0.1) is 30.6 Å². The van der Waals surface area contributed by atoms with Crippen molar-refractivity contribution in [2.45, 2.75) is 34.1 Å². The minimum absolute atomic E-state index is 0.295. The molecule has 0 radical (unpaired) electrons. The molecular formula is C15H19NO2. The molecule has 1 aromatic rings. The van der Waals surface area contributed by atoms with Crippen molar-refractivity contribution < 1.29 is 9.53 Å². The maximum absolute atomic E-state index is 11.8. The van der Waals surface area contributed by atoms with Crippen molar-refractivity contribution in [2.24, 2.45) is 5.41 Å². The maximum Gasteiger partial charge on any atom is 0.326 e. The fourth-order valence-corrected chi connectivity index (χ4v) is 1.77. The summed E-state index contributed by atoms with van der Waals surface area (Å²) in [5.74, 6) is -0.453. The van der Waals surface area contributed by atoms with Crippen molar-refractivity contribution in [3.63, 3.8) is 0 Å². The van der Waals surface area contributed by atoms with Crippen LogP contribution in [0.25, 0.3) is 0 Å². The molecule has 0 spiro atoms. The summed E-state index contributed by atoms with van der Waals surface area (Å²) in [6, 6.07) is 8.05. The number of aryl methyl sites for hydroxylation is 2. The number of benzene rings is 1. The zero-order valence-corrected chi connectivity index (χ0v) is 11.4. The van der Waals surface area contributed by atoms with E-state index in [0.717, 1.165) is 11.1 Å². The van der Waals surface area contributed by atoms with Gasteiger partial charge in [-0.05, 0) is 44.4 Å². The topological polar surface area (TPSA) is 50.1 Å². The summed E-state index contributed by atoms with van der Waals surface area (Å²) in [4.78, 5) is 11.8. The Labute approximate surface area is 108 Å². The third-order valence-corrected chi connectivity index (χ3v) is 3.10. The number of rotatable bonds is 4. The number of hydrogen-bond acceptors (Lipinski definition) is 3. The van der Waals surface area contributed by atoms with Gasteiger partial charge < -0.3 is 4.74 Å². The standard InChI is InChI=1S/C15H19NO2/c1-5-18-14(17)15(4,10-16)9-13-7-6-11(2)12(3)8-13/h6-8H,5,9H2,1-4H3. The second kappa shape index (κ2) is 5.68. The molecule has 0 bridgehead atoms. The number of nitriles is 1. The molecule has 1 rings (SSSR count). The van der Waals surface area contributed by atoms with Crippen LogP contribution >= 0.6 is 0 Å². The second-order valence-corrected chi connectivity index (χ2v) is 4.76. The Kier molecular flexibility index (Phi) is 4.49. The summed E-state index contributed by atoms with van der Waals surface area (Å²) in [5.41, 5.74) is 2.23. The second-order valence-electron chi connectivity index (χ2n) is 4.76. The summed E-state index contributed by atoms with van der Waals surface area (Å²) in [6.45, 7) is 7.72. The number of ether oxygens (including phenoxy) is 1. The zero-order valence-electron chi connectivity index (χ0n) is 11.4. The third-order valence-electron chi connectivity index (χ3n) is 3.10. The number of hydrogen-bond donors (Lipinski definition) is 0. The average molecular weight is 245 g/mol. The first-order chi connectivity index (χ1) is 8.42. The number of nitrogens with zero attached hydrogens (tertiary/aromatic N) is 1. The van der Waals surface area contributed by atoms with Crippen LogP contribution in [0.3, 0.4) is 0 Å². The highest BCUT2D eigenvalue weighted by Gasteiger charge is 2.35. The van der Waals surface area contributed by atoms with Crippen LogP contribution in [0.1, 0.15) is 30.5 Å². The fourth-order valence-electron chi connectivity index (χ4n) is 1.77. The van der Waals surface area contributed by atoms with Crippen molar-refractivity contribution in [3.8, 4) is 6.07 Å². The smallest absolute Gasteiger partial charge is 0.326 e. The Morgan fingerprint density at radius 2 is 2.06 bits per heavy atom. The minimum Gasteiger partial charge on any atom is -0.465 e. The Bertz CT molecular complexity index is 488. The van der Waals surface area contributed by atoms with Gasteiger partial charge in [0.1, 0.15) is 0 Å². The third kappa shape index (κ3) is 3.10. The fraction of sp³-hybridized carbons (Fsp3) is 0.467. The molecule has 0 fully saturated rings. The van der Waals surface area contributed by atoms with Gasteiger partial charge in [-0.15, -0.1) is 0 Å². The lowest BCUT2D eigenvalue weighted by Crippen LogP contribution is -2.30. The van der Waals surface area contributed by atoms with E-state index in [2.05, 4.69) is 6.07 Å². The van der Waals surface area contributed by atoms with Crippen molar-refractivity contribution in [2.75, 3.05) is 6.61 Å². The van der Waals surface area contributed by atoms with E-state index in [1.54, 1.807) is 13.8 Å². The van der Waals surface area contributed by atoms with Gasteiger partial charge in [-0.2, -0.15) is 5.26 Å². The highest BCUT2D eigenvalue weighted by atomic mass is 16.5. The first-order valence-corrected chi connectivity index (χ1v) is 6.07. The molecule has 0 aliphatic carbocycles. The van der Waals surface area contributed by atoms with E-state index in [1.807, 2.05) is 32.0 Å². The summed E-state index contributed by atoms with van der Waals surface area (Å²) in [6.07, 6.45) is 0.378. The van der Waals surface area contributed by atoms with Gasteiger partial charge >= 0.3 is 5.97 Å². The van der Waals surface area contributed by atoms with Gasteiger partial charge in [0.2, 0.25) is 0 Å². The van der Waals surface area contributed by atoms with Crippen LogP contribution in [-0.4, -0.2) is 12.6 Å². The molecule has 18 heavy (non-hydrogen) atoms. The average Bonchev–Trinajstić information content (AvgIpc) is 2.34. The Morgan fingerprint density at radius 3 is 2.56 bits per heavy atom. The van der Waals surface area contributed by atoms with Crippen LogP contribution in [0.4, 0.5) is 0 Å². The van der Waals surface area contributed by atoms with E-state index in [4.69, 9.17) is 4.74 Å². The molecular weight excluding hydrogens is 226 g/mol. The summed E-state index contributed by atoms with van der Waals surface area (Å²) in [7, 11) is 0.